The van der Waals surface area contributed by atoms with Crippen molar-refractivity contribution in [3.8, 4) is 6.07 Å². The van der Waals surface area contributed by atoms with E-state index in [1.165, 1.54) is 16.7 Å². The van der Waals surface area contributed by atoms with E-state index in [0.717, 1.165) is 18.4 Å². The van der Waals surface area contributed by atoms with Gasteiger partial charge in [-0.2, -0.15) is 5.26 Å². The average Bonchev–Trinajstić information content (AvgIpc) is 2.43. The molecule has 1 nitrogen and oxygen atoms in total. The van der Waals surface area contributed by atoms with Gasteiger partial charge in [0.1, 0.15) is 0 Å². The maximum Gasteiger partial charge on any atom is 0.0991 e. The Morgan fingerprint density at radius 1 is 1.26 bits per heavy atom. The predicted molar refractivity (Wildman–Crippen MR) is 81.9 cm³/mol. The number of benzene rings is 1. The summed E-state index contributed by atoms with van der Waals surface area (Å²) in [5.74, 6) is 0. The molecule has 0 saturated carbocycles. The second-order valence-corrected chi connectivity index (χ2v) is 4.52. The van der Waals surface area contributed by atoms with E-state index in [2.05, 4.69) is 37.3 Å². The molecule has 0 aromatic heterocycles. The van der Waals surface area contributed by atoms with Gasteiger partial charge in [-0.25, -0.2) is 0 Å². The van der Waals surface area contributed by atoms with Gasteiger partial charge in [-0.1, -0.05) is 36.4 Å². The Bertz CT molecular complexity index is 539. The predicted octanol–water partition coefficient (Wildman–Crippen LogP) is 4.88. The van der Waals surface area contributed by atoms with Crippen molar-refractivity contribution >= 4 is 0 Å². The zero-order valence-electron chi connectivity index (χ0n) is 12.0. The van der Waals surface area contributed by atoms with E-state index in [0.29, 0.717) is 0 Å². The molecule has 19 heavy (non-hydrogen) atoms. The Morgan fingerprint density at radius 2 is 2.05 bits per heavy atom. The largest absolute Gasteiger partial charge is 0.192 e. The summed E-state index contributed by atoms with van der Waals surface area (Å²) in [6, 6.07) is 8.10. The van der Waals surface area contributed by atoms with Gasteiger partial charge < -0.3 is 0 Å². The van der Waals surface area contributed by atoms with Gasteiger partial charge in [-0.05, 0) is 62.4 Å². The molecule has 0 unspecified atom stereocenters. The number of aryl methyl sites for hydroxylation is 2. The molecular weight excluding hydrogens is 230 g/mol. The van der Waals surface area contributed by atoms with Crippen molar-refractivity contribution in [2.24, 2.45) is 0 Å². The maximum absolute atomic E-state index is 8.95. The van der Waals surface area contributed by atoms with Crippen molar-refractivity contribution in [1.82, 2.24) is 0 Å². The number of hydrogen-bond acceptors (Lipinski definition) is 1. The molecule has 1 aromatic rings. The van der Waals surface area contributed by atoms with Gasteiger partial charge in [0.25, 0.3) is 0 Å². The lowest BCUT2D eigenvalue weighted by molar-refractivity contribution is 0.952. The van der Waals surface area contributed by atoms with Crippen LogP contribution in [-0.4, -0.2) is 0 Å². The molecule has 0 atom stereocenters. The highest BCUT2D eigenvalue weighted by atomic mass is 14.2. The van der Waals surface area contributed by atoms with Crippen LogP contribution in [0.3, 0.4) is 0 Å². The summed E-state index contributed by atoms with van der Waals surface area (Å²) in [4.78, 5) is 0. The van der Waals surface area contributed by atoms with Gasteiger partial charge >= 0.3 is 0 Å². The molecule has 0 amide bonds. The number of nitrogens with zero attached hydrogens (tertiary/aromatic N) is 1. The van der Waals surface area contributed by atoms with Gasteiger partial charge in [0.05, 0.1) is 11.6 Å². The van der Waals surface area contributed by atoms with Crippen LogP contribution >= 0.6 is 0 Å². The summed E-state index contributed by atoms with van der Waals surface area (Å²) in [6.45, 7) is 6.15. The van der Waals surface area contributed by atoms with Crippen LogP contribution in [0.4, 0.5) is 0 Å². The van der Waals surface area contributed by atoms with Crippen molar-refractivity contribution in [3.63, 3.8) is 0 Å². The van der Waals surface area contributed by atoms with E-state index in [-0.39, 0.29) is 0 Å². The number of nitriles is 1. The maximum atomic E-state index is 8.95. The van der Waals surface area contributed by atoms with Crippen molar-refractivity contribution in [1.29, 1.82) is 5.26 Å². The smallest absolute Gasteiger partial charge is 0.0991 e. The Labute approximate surface area is 116 Å². The van der Waals surface area contributed by atoms with E-state index in [1.54, 1.807) is 0 Å². The first-order valence-electron chi connectivity index (χ1n) is 6.65. The third-order valence-electron chi connectivity index (χ3n) is 3.04. The van der Waals surface area contributed by atoms with Gasteiger partial charge in [-0.3, -0.25) is 0 Å². The Kier molecular flexibility index (Phi) is 6.39. The number of rotatable bonds is 5. The van der Waals surface area contributed by atoms with Gasteiger partial charge in [-0.15, -0.1) is 0 Å². The molecule has 0 aliphatic heterocycles. The Hall–Kier alpha value is -2.07. The molecule has 0 aliphatic rings. The van der Waals surface area contributed by atoms with Crippen LogP contribution in [0.2, 0.25) is 0 Å². The van der Waals surface area contributed by atoms with Crippen molar-refractivity contribution in [3.05, 3.63) is 70.8 Å². The molecule has 1 heteroatoms. The number of hydrogen-bond donors (Lipinski definition) is 0. The number of allylic oxidation sites excluding steroid dienone is 6. The molecule has 0 fully saturated rings. The topological polar surface area (TPSA) is 23.8 Å². The zero-order chi connectivity index (χ0) is 14.1. The van der Waals surface area contributed by atoms with Crippen LogP contribution in [0, 0.1) is 18.3 Å². The summed E-state index contributed by atoms with van der Waals surface area (Å²) in [6.07, 6.45) is 12.4. The second kappa shape index (κ2) is 8.11. The SMILES string of the molecule is C\C=C/C=C(\C=C/C)CCc1cc(C#N)ccc1C. The van der Waals surface area contributed by atoms with E-state index in [9.17, 15) is 0 Å². The van der Waals surface area contributed by atoms with Crippen LogP contribution < -0.4 is 0 Å². The quantitative estimate of drug-likeness (QED) is 0.684. The van der Waals surface area contributed by atoms with Crippen molar-refractivity contribution in [2.45, 2.75) is 33.6 Å². The molecule has 0 N–H and O–H groups in total. The molecule has 0 radical (unpaired) electrons. The molecular formula is C18H21N. The van der Waals surface area contributed by atoms with Crippen LogP contribution in [0.25, 0.3) is 0 Å². The van der Waals surface area contributed by atoms with Crippen LogP contribution in [0.5, 0.6) is 0 Å². The minimum atomic E-state index is 0.741. The Morgan fingerprint density at radius 3 is 2.68 bits per heavy atom. The molecule has 0 saturated heterocycles. The Balaban J connectivity index is 2.82. The van der Waals surface area contributed by atoms with Gasteiger partial charge in [0.2, 0.25) is 0 Å². The fourth-order valence-electron chi connectivity index (χ4n) is 1.95. The fourth-order valence-corrected chi connectivity index (χ4v) is 1.95. The minimum Gasteiger partial charge on any atom is -0.192 e. The average molecular weight is 251 g/mol. The summed E-state index contributed by atoms with van der Waals surface area (Å²) in [7, 11) is 0. The van der Waals surface area contributed by atoms with Crippen LogP contribution in [0.15, 0.2) is 54.2 Å². The van der Waals surface area contributed by atoms with Crippen LogP contribution in [0.1, 0.15) is 37.0 Å². The summed E-state index contributed by atoms with van der Waals surface area (Å²) >= 11 is 0. The van der Waals surface area contributed by atoms with E-state index >= 15 is 0 Å². The molecule has 0 aliphatic carbocycles. The lowest BCUT2D eigenvalue weighted by Crippen LogP contribution is -1.92. The molecule has 1 aromatic carbocycles. The fraction of sp³-hybridized carbons (Fsp3) is 0.278. The normalized spacial score (nSPS) is 12.2. The molecule has 98 valence electrons. The molecule has 0 heterocycles. The van der Waals surface area contributed by atoms with Gasteiger partial charge in [0.15, 0.2) is 0 Å². The first-order chi connectivity index (χ1) is 9.21. The van der Waals surface area contributed by atoms with Crippen molar-refractivity contribution < 1.29 is 0 Å². The second-order valence-electron chi connectivity index (χ2n) is 4.52. The highest BCUT2D eigenvalue weighted by molar-refractivity contribution is 5.38. The minimum absolute atomic E-state index is 0.741. The first kappa shape index (κ1) is 15.0. The molecule has 0 bridgehead atoms. The summed E-state index contributed by atoms with van der Waals surface area (Å²) < 4.78 is 0. The molecule has 0 spiro atoms. The third kappa shape index (κ3) is 4.97. The highest BCUT2D eigenvalue weighted by Crippen LogP contribution is 2.16. The standard InChI is InChI=1S/C18H21N/c1-4-6-8-16(7-5-2)11-12-18-13-17(14-19)10-9-15(18)3/h4-10,13H,11-12H2,1-3H3/b6-4-,7-5-,16-8+. The molecule has 1 rings (SSSR count). The zero-order valence-corrected chi connectivity index (χ0v) is 12.0. The first-order valence-corrected chi connectivity index (χ1v) is 6.65. The van der Waals surface area contributed by atoms with Crippen molar-refractivity contribution in [2.75, 3.05) is 0 Å². The monoisotopic (exact) mass is 251 g/mol. The highest BCUT2D eigenvalue weighted by Gasteiger charge is 2.01. The summed E-state index contributed by atoms with van der Waals surface area (Å²) in [5.41, 5.74) is 4.56. The van der Waals surface area contributed by atoms with Gasteiger partial charge in [0, 0.05) is 0 Å². The lowest BCUT2D eigenvalue weighted by atomic mass is 9.98. The van der Waals surface area contributed by atoms with E-state index < -0.39 is 0 Å². The lowest BCUT2D eigenvalue weighted by Gasteiger charge is -2.07. The van der Waals surface area contributed by atoms with E-state index in [4.69, 9.17) is 5.26 Å². The van der Waals surface area contributed by atoms with E-state index in [1.807, 2.05) is 38.1 Å². The van der Waals surface area contributed by atoms with Crippen LogP contribution in [-0.2, 0) is 6.42 Å². The summed E-state index contributed by atoms with van der Waals surface area (Å²) in [5, 5.41) is 8.95. The third-order valence-corrected chi connectivity index (χ3v) is 3.04.